The summed E-state index contributed by atoms with van der Waals surface area (Å²) in [6, 6.07) is 13.5. The lowest BCUT2D eigenvalue weighted by atomic mass is 10.1. The zero-order chi connectivity index (χ0) is 18.5. The highest BCUT2D eigenvalue weighted by atomic mass is 16.5. The fourth-order valence-corrected chi connectivity index (χ4v) is 2.49. The Hall–Kier alpha value is -3.35. The van der Waals surface area contributed by atoms with Gasteiger partial charge in [0, 0.05) is 5.56 Å². The number of aromatic amines is 1. The van der Waals surface area contributed by atoms with Crippen LogP contribution in [0.3, 0.4) is 0 Å². The Morgan fingerprint density at radius 1 is 1.08 bits per heavy atom. The van der Waals surface area contributed by atoms with E-state index in [9.17, 15) is 4.79 Å². The first-order valence-corrected chi connectivity index (χ1v) is 8.24. The van der Waals surface area contributed by atoms with Gasteiger partial charge in [-0.3, -0.25) is 4.79 Å². The molecule has 3 aromatic rings. The zero-order valence-corrected chi connectivity index (χ0v) is 14.7. The second kappa shape index (κ2) is 7.69. The molecule has 0 spiro atoms. The molecular formula is C19H20N4O3. The van der Waals surface area contributed by atoms with Crippen LogP contribution >= 0.6 is 0 Å². The van der Waals surface area contributed by atoms with Crippen molar-refractivity contribution < 1.29 is 14.3 Å². The van der Waals surface area contributed by atoms with Crippen LogP contribution in [-0.2, 0) is 6.61 Å². The molecule has 0 bridgehead atoms. The van der Waals surface area contributed by atoms with E-state index in [2.05, 4.69) is 15.4 Å². The first-order chi connectivity index (χ1) is 12.6. The molecule has 0 aliphatic rings. The monoisotopic (exact) mass is 352 g/mol. The van der Waals surface area contributed by atoms with E-state index in [0.29, 0.717) is 36.0 Å². The number of nitrogens with one attached hydrogen (secondary N) is 1. The van der Waals surface area contributed by atoms with Crippen molar-refractivity contribution in [3.8, 4) is 22.8 Å². The molecule has 3 rings (SSSR count). The second-order valence-electron chi connectivity index (χ2n) is 5.75. The number of hydrogen-bond acceptors (Lipinski definition) is 5. The summed E-state index contributed by atoms with van der Waals surface area (Å²) in [4.78, 5) is 11.5. The Balaban J connectivity index is 1.85. The summed E-state index contributed by atoms with van der Waals surface area (Å²) in [5.74, 6) is 0.530. The maximum Gasteiger partial charge on any atom is 0.271 e. The van der Waals surface area contributed by atoms with Gasteiger partial charge in [-0.25, -0.2) is 0 Å². The highest BCUT2D eigenvalue weighted by Gasteiger charge is 2.17. The molecule has 134 valence electrons. The van der Waals surface area contributed by atoms with E-state index in [1.54, 1.807) is 18.2 Å². The Morgan fingerprint density at radius 3 is 2.54 bits per heavy atom. The summed E-state index contributed by atoms with van der Waals surface area (Å²) in [5.41, 5.74) is 8.72. The van der Waals surface area contributed by atoms with Gasteiger partial charge in [-0.1, -0.05) is 29.8 Å². The van der Waals surface area contributed by atoms with Crippen LogP contribution in [0.5, 0.6) is 11.5 Å². The summed E-state index contributed by atoms with van der Waals surface area (Å²) in [6.45, 7) is 4.84. The van der Waals surface area contributed by atoms with Gasteiger partial charge in [0.25, 0.3) is 5.91 Å². The zero-order valence-electron chi connectivity index (χ0n) is 14.7. The number of nitrogens with two attached hydrogens (primary N) is 1. The van der Waals surface area contributed by atoms with Gasteiger partial charge < -0.3 is 15.2 Å². The van der Waals surface area contributed by atoms with Gasteiger partial charge >= 0.3 is 0 Å². The number of carbonyl (C=O) groups is 1. The molecule has 0 radical (unpaired) electrons. The van der Waals surface area contributed by atoms with Gasteiger partial charge in [0.05, 0.1) is 6.61 Å². The smallest absolute Gasteiger partial charge is 0.271 e. The molecule has 0 saturated carbocycles. The number of hydrogen-bond donors (Lipinski definition) is 2. The van der Waals surface area contributed by atoms with E-state index in [-0.39, 0.29) is 5.69 Å². The Kier molecular flexibility index (Phi) is 5.17. The van der Waals surface area contributed by atoms with Crippen molar-refractivity contribution in [1.82, 2.24) is 15.4 Å². The number of rotatable bonds is 7. The van der Waals surface area contributed by atoms with E-state index in [1.165, 1.54) is 5.56 Å². The third kappa shape index (κ3) is 3.83. The normalized spacial score (nSPS) is 10.5. The van der Waals surface area contributed by atoms with E-state index >= 15 is 0 Å². The van der Waals surface area contributed by atoms with Crippen molar-refractivity contribution in [3.05, 3.63) is 59.3 Å². The van der Waals surface area contributed by atoms with Crippen LogP contribution in [0.4, 0.5) is 0 Å². The largest absolute Gasteiger partial charge is 0.490 e. The van der Waals surface area contributed by atoms with Crippen LogP contribution in [0.15, 0.2) is 42.5 Å². The highest BCUT2D eigenvalue weighted by molar-refractivity contribution is 5.96. The summed E-state index contributed by atoms with van der Waals surface area (Å²) < 4.78 is 11.6. The van der Waals surface area contributed by atoms with E-state index < -0.39 is 5.91 Å². The predicted molar refractivity (Wildman–Crippen MR) is 97.0 cm³/mol. The Labute approximate surface area is 151 Å². The first-order valence-electron chi connectivity index (χ1n) is 8.24. The van der Waals surface area contributed by atoms with Crippen LogP contribution in [0.1, 0.15) is 28.5 Å². The minimum absolute atomic E-state index is 0.0840. The van der Waals surface area contributed by atoms with Crippen LogP contribution in [0, 0.1) is 6.92 Å². The van der Waals surface area contributed by atoms with Gasteiger partial charge in [0.1, 0.15) is 12.3 Å². The fraction of sp³-hybridized carbons (Fsp3) is 0.211. The predicted octanol–water partition coefficient (Wildman–Crippen LogP) is 2.86. The molecular weight excluding hydrogens is 332 g/mol. The highest BCUT2D eigenvalue weighted by Crippen LogP contribution is 2.33. The molecule has 0 aliphatic heterocycles. The van der Waals surface area contributed by atoms with Crippen LogP contribution in [0.2, 0.25) is 0 Å². The lowest BCUT2D eigenvalue weighted by Gasteiger charge is -2.13. The molecule has 0 unspecified atom stereocenters. The average Bonchev–Trinajstić information content (AvgIpc) is 3.12. The Morgan fingerprint density at radius 2 is 1.85 bits per heavy atom. The van der Waals surface area contributed by atoms with Crippen LogP contribution in [0.25, 0.3) is 11.3 Å². The molecule has 0 atom stereocenters. The molecule has 26 heavy (non-hydrogen) atoms. The maximum atomic E-state index is 11.5. The molecule has 1 aromatic heterocycles. The number of carbonyl (C=O) groups excluding carboxylic acids is 1. The van der Waals surface area contributed by atoms with Gasteiger partial charge in [0.2, 0.25) is 0 Å². The molecule has 1 amide bonds. The second-order valence-corrected chi connectivity index (χ2v) is 5.75. The molecule has 7 nitrogen and oxygen atoms in total. The lowest BCUT2D eigenvalue weighted by Crippen LogP contribution is -2.12. The summed E-state index contributed by atoms with van der Waals surface area (Å²) in [5, 5.41) is 10.2. The molecule has 1 heterocycles. The number of aromatic nitrogens is 3. The number of nitrogens with zero attached hydrogens (tertiary/aromatic N) is 2. The fourth-order valence-electron chi connectivity index (χ4n) is 2.49. The summed E-state index contributed by atoms with van der Waals surface area (Å²) in [6.07, 6.45) is 0. The molecule has 2 aromatic carbocycles. The van der Waals surface area contributed by atoms with Crippen molar-refractivity contribution >= 4 is 5.91 Å². The summed E-state index contributed by atoms with van der Waals surface area (Å²) >= 11 is 0. The topological polar surface area (TPSA) is 103 Å². The average molecular weight is 352 g/mol. The molecule has 0 saturated heterocycles. The Bertz CT molecular complexity index is 903. The number of primary amides is 1. The van der Waals surface area contributed by atoms with Crippen molar-refractivity contribution in [1.29, 1.82) is 0 Å². The van der Waals surface area contributed by atoms with Gasteiger partial charge in [-0.05, 0) is 37.6 Å². The SMILES string of the molecule is CCOc1cc(-c2n[nH]nc2C(N)=O)ccc1OCc1ccc(C)cc1. The number of benzene rings is 2. The van der Waals surface area contributed by atoms with Crippen molar-refractivity contribution in [3.63, 3.8) is 0 Å². The lowest BCUT2D eigenvalue weighted by molar-refractivity contribution is 0.0996. The van der Waals surface area contributed by atoms with Crippen LogP contribution in [-0.4, -0.2) is 27.9 Å². The summed E-state index contributed by atoms with van der Waals surface area (Å²) in [7, 11) is 0. The van der Waals surface area contributed by atoms with Gasteiger partial charge in [0.15, 0.2) is 17.2 Å². The van der Waals surface area contributed by atoms with E-state index in [4.69, 9.17) is 15.2 Å². The van der Waals surface area contributed by atoms with Crippen LogP contribution < -0.4 is 15.2 Å². The molecule has 0 aliphatic carbocycles. The standard InChI is InChI=1S/C19H20N4O3/c1-3-25-16-10-14(17-18(19(20)24)22-23-21-17)8-9-15(16)26-11-13-6-4-12(2)5-7-13/h4-10H,3,11H2,1-2H3,(H2,20,24)(H,21,22,23). The van der Waals surface area contributed by atoms with Crippen molar-refractivity contribution in [2.24, 2.45) is 5.73 Å². The third-order valence-electron chi connectivity index (χ3n) is 3.81. The molecule has 7 heteroatoms. The quantitative estimate of drug-likeness (QED) is 0.680. The van der Waals surface area contributed by atoms with Crippen molar-refractivity contribution in [2.45, 2.75) is 20.5 Å². The minimum Gasteiger partial charge on any atom is -0.490 e. The number of aryl methyl sites for hydroxylation is 1. The number of H-pyrrole nitrogens is 1. The minimum atomic E-state index is -0.647. The molecule has 0 fully saturated rings. The van der Waals surface area contributed by atoms with E-state index in [0.717, 1.165) is 5.56 Å². The third-order valence-corrected chi connectivity index (χ3v) is 3.81. The maximum absolute atomic E-state index is 11.5. The van der Waals surface area contributed by atoms with Gasteiger partial charge in [-0.15, -0.1) is 0 Å². The van der Waals surface area contributed by atoms with Crippen molar-refractivity contribution in [2.75, 3.05) is 6.61 Å². The number of ether oxygens (including phenoxy) is 2. The van der Waals surface area contributed by atoms with Gasteiger partial charge in [-0.2, -0.15) is 15.4 Å². The first kappa shape index (κ1) is 17.5. The molecule has 3 N–H and O–H groups in total. The van der Waals surface area contributed by atoms with E-state index in [1.807, 2.05) is 38.1 Å². The number of amides is 1.